The molecular formula is C8H11NO3Zr. The smallest absolute Gasteiger partial charge is 0.337 e. The van der Waals surface area contributed by atoms with Gasteiger partial charge in [0.25, 0.3) is 0 Å². The number of carboxylic acids is 1. The molecule has 0 fully saturated rings. The molecular weight excluding hydrogens is 249 g/mol. The summed E-state index contributed by atoms with van der Waals surface area (Å²) in [5, 5.41) is 17.4. The molecule has 0 heterocycles. The Morgan fingerprint density at radius 1 is 1.23 bits per heavy atom. The maximum absolute atomic E-state index is 10.2. The van der Waals surface area contributed by atoms with Gasteiger partial charge in [-0.3, -0.25) is 0 Å². The second-order valence-corrected chi connectivity index (χ2v) is 2.15. The van der Waals surface area contributed by atoms with E-state index in [0.717, 1.165) is 0 Å². The van der Waals surface area contributed by atoms with Crippen LogP contribution in [-0.4, -0.2) is 16.2 Å². The topological polar surface area (TPSA) is 92.5 Å². The largest absolute Gasteiger partial charge is 0.479 e. The molecule has 1 aromatic rings. The summed E-state index contributed by atoms with van der Waals surface area (Å²) in [5.74, 6) is -1.23. The molecule has 1 rings (SSSR count). The van der Waals surface area contributed by atoms with Crippen LogP contribution in [0.15, 0.2) is 30.3 Å². The molecule has 0 aliphatic carbocycles. The number of hydrogen-bond acceptors (Lipinski definition) is 3. The Kier molecular flexibility index (Phi) is 8.01. The molecule has 0 aliphatic heterocycles. The van der Waals surface area contributed by atoms with Crippen LogP contribution < -0.4 is 6.15 Å². The predicted octanol–water partition coefficient (Wildman–Crippen LogP) is 0.964. The van der Waals surface area contributed by atoms with Crippen LogP contribution in [0.3, 0.4) is 0 Å². The average molecular weight is 260 g/mol. The van der Waals surface area contributed by atoms with Crippen molar-refractivity contribution in [1.29, 1.82) is 0 Å². The molecule has 5 N–H and O–H groups in total. The molecule has 0 amide bonds. The van der Waals surface area contributed by atoms with Crippen molar-refractivity contribution >= 4 is 5.97 Å². The molecule has 0 radical (unpaired) electrons. The predicted molar refractivity (Wildman–Crippen MR) is 44.1 cm³/mol. The minimum absolute atomic E-state index is 0. The third-order valence-electron chi connectivity index (χ3n) is 1.35. The van der Waals surface area contributed by atoms with Crippen molar-refractivity contribution in [3.63, 3.8) is 0 Å². The van der Waals surface area contributed by atoms with Gasteiger partial charge in [0, 0.05) is 26.2 Å². The van der Waals surface area contributed by atoms with E-state index in [1.54, 1.807) is 30.3 Å². The van der Waals surface area contributed by atoms with Gasteiger partial charge in [-0.05, 0) is 5.56 Å². The number of aliphatic carboxylic acids is 1. The van der Waals surface area contributed by atoms with Crippen LogP contribution in [0.25, 0.3) is 0 Å². The average Bonchev–Trinajstić information content (AvgIpc) is 2.05. The normalized spacial score (nSPS) is 10.5. The molecule has 0 aromatic heterocycles. The Morgan fingerprint density at radius 2 is 1.69 bits per heavy atom. The van der Waals surface area contributed by atoms with Crippen molar-refractivity contribution in [2.24, 2.45) is 0 Å². The fraction of sp³-hybridized carbons (Fsp3) is 0.125. The maximum atomic E-state index is 10.2. The van der Waals surface area contributed by atoms with Crippen molar-refractivity contribution in [3.8, 4) is 0 Å². The molecule has 0 spiro atoms. The van der Waals surface area contributed by atoms with Crippen LogP contribution in [0.4, 0.5) is 0 Å². The first kappa shape index (κ1) is 15.0. The Morgan fingerprint density at radius 3 is 2.08 bits per heavy atom. The van der Waals surface area contributed by atoms with Gasteiger partial charge in [0.05, 0.1) is 0 Å². The molecule has 70 valence electrons. The molecule has 1 atom stereocenters. The van der Waals surface area contributed by atoms with E-state index in [9.17, 15) is 4.79 Å². The molecule has 0 bridgehead atoms. The number of carboxylic acid groups (broad SMARTS) is 1. The van der Waals surface area contributed by atoms with E-state index in [2.05, 4.69) is 0 Å². The van der Waals surface area contributed by atoms with E-state index >= 15 is 0 Å². The molecule has 0 saturated heterocycles. The summed E-state index contributed by atoms with van der Waals surface area (Å²) in [6, 6.07) is 8.26. The fourth-order valence-electron chi connectivity index (χ4n) is 0.778. The van der Waals surface area contributed by atoms with Crippen molar-refractivity contribution in [2.45, 2.75) is 6.10 Å². The number of carbonyl (C=O) groups is 1. The van der Waals surface area contributed by atoms with Gasteiger partial charge in [0.15, 0.2) is 6.10 Å². The molecule has 1 unspecified atom stereocenters. The monoisotopic (exact) mass is 259 g/mol. The standard InChI is InChI=1S/C8H8O3.H3N.Zr/c9-7(8(10)11)6-4-2-1-3-5-6;;/h1-5,7,9H,(H,10,11);1H3;. The molecule has 1 aromatic carbocycles. The summed E-state index contributed by atoms with van der Waals surface area (Å²) in [5.41, 5.74) is 0.403. The van der Waals surface area contributed by atoms with Crippen LogP contribution in [0.5, 0.6) is 0 Å². The molecule has 13 heavy (non-hydrogen) atoms. The van der Waals surface area contributed by atoms with E-state index in [4.69, 9.17) is 10.2 Å². The van der Waals surface area contributed by atoms with Gasteiger partial charge < -0.3 is 16.4 Å². The minimum Gasteiger partial charge on any atom is -0.479 e. The molecule has 0 aliphatic rings. The van der Waals surface area contributed by atoms with Crippen LogP contribution in [0.1, 0.15) is 11.7 Å². The van der Waals surface area contributed by atoms with Crippen molar-refractivity contribution in [2.75, 3.05) is 0 Å². The Hall–Kier alpha value is -0.507. The van der Waals surface area contributed by atoms with Crippen LogP contribution >= 0.6 is 0 Å². The second kappa shape index (κ2) is 6.95. The summed E-state index contributed by atoms with van der Waals surface area (Å²) in [6.45, 7) is 0. The zero-order valence-electron chi connectivity index (χ0n) is 6.97. The SMILES string of the molecule is N.O=C(O)C(O)c1ccccc1.[Zr]. The Balaban J connectivity index is 0. The molecule has 5 heteroatoms. The van der Waals surface area contributed by atoms with Gasteiger partial charge in [-0.15, -0.1) is 0 Å². The van der Waals surface area contributed by atoms with Crippen LogP contribution in [0, 0.1) is 0 Å². The first-order valence-electron chi connectivity index (χ1n) is 3.17. The summed E-state index contributed by atoms with van der Waals surface area (Å²) in [6.07, 6.45) is -1.41. The van der Waals surface area contributed by atoms with Crippen molar-refractivity contribution < 1.29 is 41.2 Å². The number of aliphatic hydroxyl groups excluding tert-OH is 1. The van der Waals surface area contributed by atoms with E-state index < -0.39 is 12.1 Å². The third kappa shape index (κ3) is 4.31. The number of hydrogen-bond donors (Lipinski definition) is 3. The Labute approximate surface area is 95.3 Å². The van der Waals surface area contributed by atoms with Gasteiger partial charge in [-0.25, -0.2) is 4.79 Å². The van der Waals surface area contributed by atoms with Gasteiger partial charge in [-0.2, -0.15) is 0 Å². The van der Waals surface area contributed by atoms with Crippen LogP contribution in [0.2, 0.25) is 0 Å². The summed E-state index contributed by atoms with van der Waals surface area (Å²) in [4.78, 5) is 10.2. The number of benzene rings is 1. The number of aliphatic hydroxyl groups is 1. The van der Waals surface area contributed by atoms with E-state index in [-0.39, 0.29) is 32.4 Å². The fourth-order valence-corrected chi connectivity index (χ4v) is 0.778. The van der Waals surface area contributed by atoms with Crippen LogP contribution in [-0.2, 0) is 31.0 Å². The third-order valence-corrected chi connectivity index (χ3v) is 1.35. The molecule has 0 saturated carbocycles. The first-order chi connectivity index (χ1) is 5.22. The van der Waals surface area contributed by atoms with Gasteiger partial charge in [-0.1, -0.05) is 30.3 Å². The minimum atomic E-state index is -1.41. The van der Waals surface area contributed by atoms with Gasteiger partial charge in [0.2, 0.25) is 0 Å². The van der Waals surface area contributed by atoms with Gasteiger partial charge >= 0.3 is 5.97 Å². The maximum Gasteiger partial charge on any atom is 0.337 e. The quantitative estimate of drug-likeness (QED) is 0.738. The number of rotatable bonds is 2. The van der Waals surface area contributed by atoms with E-state index in [1.807, 2.05) is 0 Å². The van der Waals surface area contributed by atoms with E-state index in [0.29, 0.717) is 5.56 Å². The van der Waals surface area contributed by atoms with E-state index in [1.165, 1.54) is 0 Å². The summed E-state index contributed by atoms with van der Waals surface area (Å²) < 4.78 is 0. The van der Waals surface area contributed by atoms with Gasteiger partial charge in [0.1, 0.15) is 0 Å². The summed E-state index contributed by atoms with van der Waals surface area (Å²) >= 11 is 0. The Bertz CT molecular complexity index is 253. The summed E-state index contributed by atoms with van der Waals surface area (Å²) in [7, 11) is 0. The van der Waals surface area contributed by atoms with Crippen molar-refractivity contribution in [3.05, 3.63) is 35.9 Å². The van der Waals surface area contributed by atoms with Crippen molar-refractivity contribution in [1.82, 2.24) is 6.15 Å². The zero-order chi connectivity index (χ0) is 8.27. The second-order valence-electron chi connectivity index (χ2n) is 2.15. The first-order valence-corrected chi connectivity index (χ1v) is 3.17. The zero-order valence-corrected chi connectivity index (χ0v) is 9.43. The molecule has 4 nitrogen and oxygen atoms in total.